The maximum absolute atomic E-state index is 13.9. The second-order valence-electron chi connectivity index (χ2n) is 11.6. The molecular weight excluding hydrogens is 593 g/mol. The van der Waals surface area contributed by atoms with E-state index in [1.54, 1.807) is 28.8 Å². The molecular formula is C40H23F3N4. The Bertz CT molecular complexity index is 2660. The molecule has 0 saturated heterocycles. The predicted molar refractivity (Wildman–Crippen MR) is 181 cm³/mol. The molecule has 7 heteroatoms. The van der Waals surface area contributed by atoms with E-state index in [-0.39, 0.29) is 0 Å². The van der Waals surface area contributed by atoms with E-state index >= 15 is 0 Å². The van der Waals surface area contributed by atoms with Gasteiger partial charge in [-0.3, -0.25) is 0 Å². The number of fused-ring (bicyclic) bond motifs is 6. The van der Waals surface area contributed by atoms with Crippen molar-refractivity contribution in [3.8, 4) is 28.6 Å². The third kappa shape index (κ3) is 4.36. The Morgan fingerprint density at radius 3 is 1.79 bits per heavy atom. The van der Waals surface area contributed by atoms with Gasteiger partial charge in [0.2, 0.25) is 0 Å². The number of benzene rings is 6. The van der Waals surface area contributed by atoms with Crippen molar-refractivity contribution >= 4 is 49.3 Å². The monoisotopic (exact) mass is 616 g/mol. The van der Waals surface area contributed by atoms with E-state index < -0.39 is 11.7 Å². The summed E-state index contributed by atoms with van der Waals surface area (Å²) in [5.41, 5.74) is 6.73. The molecule has 8 rings (SSSR count). The number of hydrogen-bond acceptors (Lipinski definition) is 1. The fourth-order valence-corrected chi connectivity index (χ4v) is 6.75. The van der Waals surface area contributed by atoms with Crippen LogP contribution in [0.25, 0.3) is 71.0 Å². The number of nitriles is 1. The molecule has 0 fully saturated rings. The van der Waals surface area contributed by atoms with E-state index in [4.69, 9.17) is 6.57 Å². The van der Waals surface area contributed by atoms with Crippen molar-refractivity contribution in [2.75, 3.05) is 0 Å². The second kappa shape index (κ2) is 10.4. The van der Waals surface area contributed by atoms with Crippen molar-refractivity contribution < 1.29 is 13.2 Å². The number of hydrogen-bond donors (Lipinski definition) is 0. The van der Waals surface area contributed by atoms with Gasteiger partial charge < -0.3 is 9.13 Å². The second-order valence-corrected chi connectivity index (χ2v) is 11.6. The maximum Gasteiger partial charge on any atom is 0.416 e. The van der Waals surface area contributed by atoms with Gasteiger partial charge >= 0.3 is 6.18 Å². The lowest BCUT2D eigenvalue weighted by Crippen LogP contribution is -2.05. The fourth-order valence-electron chi connectivity index (χ4n) is 6.75. The zero-order chi connectivity index (χ0) is 32.4. The zero-order valence-corrected chi connectivity index (χ0v) is 25.0. The van der Waals surface area contributed by atoms with Gasteiger partial charge in [-0.1, -0.05) is 60.7 Å². The zero-order valence-electron chi connectivity index (χ0n) is 25.0. The molecule has 4 nitrogen and oxygen atoms in total. The third-order valence-electron chi connectivity index (χ3n) is 8.86. The lowest BCUT2D eigenvalue weighted by molar-refractivity contribution is -0.137. The van der Waals surface area contributed by atoms with Crippen molar-refractivity contribution in [3.05, 3.63) is 149 Å². The Balaban J connectivity index is 1.40. The summed E-state index contributed by atoms with van der Waals surface area (Å²) in [4.78, 5) is 3.80. The standard InChI is InChI=1S/C40H23F3N4/c1-24-11-16-31-29-7-3-5-9-36(29)46(38(31)19-24)27-14-12-25(23-44)33(21-27)34-22-28(15-18-35(34)45-2)47-37-10-6-4-8-30(37)32-17-13-26(20-39(32)47)40(41,42)43/h3-22H,1H3. The number of aromatic nitrogens is 2. The smallest absolute Gasteiger partial charge is 0.309 e. The van der Waals surface area contributed by atoms with Crippen LogP contribution < -0.4 is 0 Å². The van der Waals surface area contributed by atoms with Gasteiger partial charge in [-0.25, -0.2) is 4.85 Å². The average Bonchev–Trinajstić information content (AvgIpc) is 3.59. The van der Waals surface area contributed by atoms with Crippen LogP contribution in [0.2, 0.25) is 0 Å². The van der Waals surface area contributed by atoms with E-state index in [0.29, 0.717) is 39.0 Å². The SMILES string of the molecule is [C-]#[N+]c1ccc(-n2c3ccccc3c3ccc(C(F)(F)F)cc32)cc1-c1cc(-n2c3ccccc3c3ccc(C)cc32)ccc1C#N. The summed E-state index contributed by atoms with van der Waals surface area (Å²) in [6, 6.07) is 38.8. The molecule has 6 aromatic carbocycles. The molecule has 0 aliphatic heterocycles. The van der Waals surface area contributed by atoms with Gasteiger partial charge in [0, 0.05) is 32.9 Å². The highest BCUT2D eigenvalue weighted by Gasteiger charge is 2.31. The number of aryl methyl sites for hydroxylation is 1. The van der Waals surface area contributed by atoms with Crippen LogP contribution in [0.5, 0.6) is 0 Å². The summed E-state index contributed by atoms with van der Waals surface area (Å²) in [7, 11) is 0. The molecule has 0 atom stereocenters. The number of nitrogens with zero attached hydrogens (tertiary/aromatic N) is 4. The van der Waals surface area contributed by atoms with Crippen molar-refractivity contribution in [2.45, 2.75) is 13.1 Å². The van der Waals surface area contributed by atoms with Crippen LogP contribution in [0.15, 0.2) is 121 Å². The lowest BCUT2D eigenvalue weighted by atomic mass is 9.97. The van der Waals surface area contributed by atoms with Gasteiger partial charge in [-0.15, -0.1) is 0 Å². The normalized spacial score (nSPS) is 11.8. The summed E-state index contributed by atoms with van der Waals surface area (Å²) < 4.78 is 45.6. The summed E-state index contributed by atoms with van der Waals surface area (Å²) in [5.74, 6) is 0. The molecule has 0 aliphatic rings. The molecule has 47 heavy (non-hydrogen) atoms. The quantitative estimate of drug-likeness (QED) is 0.182. The summed E-state index contributed by atoms with van der Waals surface area (Å²) in [6.07, 6.45) is -4.51. The van der Waals surface area contributed by atoms with Crippen LogP contribution in [-0.4, -0.2) is 9.13 Å². The van der Waals surface area contributed by atoms with Gasteiger partial charge in [0.1, 0.15) is 0 Å². The first kappa shape index (κ1) is 28.2. The summed E-state index contributed by atoms with van der Waals surface area (Å²) >= 11 is 0. The van der Waals surface area contributed by atoms with Crippen molar-refractivity contribution in [2.24, 2.45) is 0 Å². The number of alkyl halides is 3. The molecule has 0 amide bonds. The highest BCUT2D eigenvalue weighted by molar-refractivity contribution is 6.10. The molecule has 2 heterocycles. The first-order valence-electron chi connectivity index (χ1n) is 14.9. The van der Waals surface area contributed by atoms with Crippen molar-refractivity contribution in [1.29, 1.82) is 5.26 Å². The van der Waals surface area contributed by atoms with Crippen LogP contribution in [0.3, 0.4) is 0 Å². The van der Waals surface area contributed by atoms with Crippen molar-refractivity contribution in [3.63, 3.8) is 0 Å². The summed E-state index contributed by atoms with van der Waals surface area (Å²) in [5, 5.41) is 13.9. The first-order valence-corrected chi connectivity index (χ1v) is 14.9. The molecule has 0 spiro atoms. The predicted octanol–water partition coefficient (Wildman–Crippen LogP) is 11.3. The number of halogens is 3. The topological polar surface area (TPSA) is 38.0 Å². The maximum atomic E-state index is 13.9. The first-order chi connectivity index (χ1) is 22.8. The van der Waals surface area contributed by atoms with Gasteiger partial charge in [-0.2, -0.15) is 18.4 Å². The molecule has 0 bridgehead atoms. The van der Waals surface area contributed by atoms with Gasteiger partial charge in [0.25, 0.3) is 0 Å². The lowest BCUT2D eigenvalue weighted by Gasteiger charge is -2.15. The molecule has 2 aromatic heterocycles. The Kier molecular flexibility index (Phi) is 6.22. The Hall–Kier alpha value is -6.31. The third-order valence-corrected chi connectivity index (χ3v) is 8.86. The van der Waals surface area contributed by atoms with E-state index in [0.717, 1.165) is 50.0 Å². The van der Waals surface area contributed by atoms with Crippen LogP contribution >= 0.6 is 0 Å². The number of rotatable bonds is 3. The Morgan fingerprint density at radius 1 is 0.617 bits per heavy atom. The molecule has 0 aliphatic carbocycles. The minimum atomic E-state index is -4.51. The molecule has 8 aromatic rings. The molecule has 0 radical (unpaired) electrons. The molecule has 0 N–H and O–H groups in total. The minimum absolute atomic E-state index is 0.331. The number of para-hydroxylation sites is 2. The molecule has 0 unspecified atom stereocenters. The van der Waals surface area contributed by atoms with E-state index in [1.165, 1.54) is 12.1 Å². The average molecular weight is 617 g/mol. The van der Waals surface area contributed by atoms with Crippen molar-refractivity contribution in [1.82, 2.24) is 9.13 Å². The minimum Gasteiger partial charge on any atom is -0.309 e. The van der Waals surface area contributed by atoms with Gasteiger partial charge in [0.15, 0.2) is 5.69 Å². The fraction of sp³-hybridized carbons (Fsp3) is 0.0500. The summed E-state index contributed by atoms with van der Waals surface area (Å²) in [6.45, 7) is 10.1. The van der Waals surface area contributed by atoms with Crippen LogP contribution in [0.1, 0.15) is 16.7 Å². The Labute approximate surface area is 267 Å². The molecule has 0 saturated carbocycles. The van der Waals surface area contributed by atoms with E-state index in [1.807, 2.05) is 55.5 Å². The van der Waals surface area contributed by atoms with Crippen LogP contribution in [0, 0.1) is 24.8 Å². The van der Waals surface area contributed by atoms with E-state index in [2.05, 4.69) is 45.8 Å². The highest BCUT2D eigenvalue weighted by Crippen LogP contribution is 2.41. The van der Waals surface area contributed by atoms with Gasteiger partial charge in [-0.05, 0) is 84.3 Å². The van der Waals surface area contributed by atoms with E-state index in [9.17, 15) is 18.4 Å². The van der Waals surface area contributed by atoms with Crippen LogP contribution in [0.4, 0.5) is 18.9 Å². The van der Waals surface area contributed by atoms with Gasteiger partial charge in [0.05, 0.1) is 45.8 Å². The van der Waals surface area contributed by atoms with Crippen LogP contribution in [-0.2, 0) is 6.18 Å². The Morgan fingerprint density at radius 2 is 1.17 bits per heavy atom. The molecule has 224 valence electrons. The largest absolute Gasteiger partial charge is 0.416 e. The highest BCUT2D eigenvalue weighted by atomic mass is 19.4.